The number of aryl methyl sites for hydroxylation is 1. The summed E-state index contributed by atoms with van der Waals surface area (Å²) in [6.45, 7) is 5.16. The topological polar surface area (TPSA) is 70.7 Å². The molecule has 30 heavy (non-hydrogen) atoms. The van der Waals surface area contributed by atoms with Crippen LogP contribution in [0, 0.1) is 18.8 Å². The molecule has 0 aromatic heterocycles. The van der Waals surface area contributed by atoms with Crippen molar-refractivity contribution in [3.63, 3.8) is 0 Å². The van der Waals surface area contributed by atoms with E-state index in [-0.39, 0.29) is 23.8 Å². The number of nitrogens with zero attached hydrogens (tertiary/aromatic N) is 1. The van der Waals surface area contributed by atoms with Crippen LogP contribution in [0.2, 0.25) is 5.02 Å². The van der Waals surface area contributed by atoms with E-state index in [0.29, 0.717) is 23.8 Å². The van der Waals surface area contributed by atoms with E-state index in [1.807, 2.05) is 32.0 Å². The van der Waals surface area contributed by atoms with Crippen LogP contribution in [0.15, 0.2) is 42.5 Å². The van der Waals surface area contributed by atoms with Crippen molar-refractivity contribution in [3.8, 4) is 5.75 Å². The van der Waals surface area contributed by atoms with E-state index in [2.05, 4.69) is 10.6 Å². The molecule has 2 aromatic carbocycles. The summed E-state index contributed by atoms with van der Waals surface area (Å²) in [5.74, 6) is 0.881. The highest BCUT2D eigenvalue weighted by atomic mass is 35.5. The quantitative estimate of drug-likeness (QED) is 0.688. The molecular formula is C23H28ClN3O3. The molecule has 1 aliphatic heterocycles. The highest BCUT2D eigenvalue weighted by Gasteiger charge is 2.30. The van der Waals surface area contributed by atoms with Crippen LogP contribution < -0.4 is 15.4 Å². The third-order valence-electron chi connectivity index (χ3n) is 5.73. The zero-order valence-corrected chi connectivity index (χ0v) is 18.3. The maximum Gasteiger partial charge on any atom is 0.321 e. The number of piperidine rings is 1. The normalized spacial score (nSPS) is 15.4. The Bertz CT molecular complexity index is 893. The number of urea groups is 1. The van der Waals surface area contributed by atoms with E-state index >= 15 is 0 Å². The molecule has 0 spiro atoms. The van der Waals surface area contributed by atoms with Crippen molar-refractivity contribution in [1.29, 1.82) is 0 Å². The van der Waals surface area contributed by atoms with E-state index in [4.69, 9.17) is 16.3 Å². The SMILES string of the molecule is COc1ccc(NC(=O)[C@@H](C)C2CCN(C(=O)Nc3ccc(Cl)cc3)CC2)c(C)c1. The van der Waals surface area contributed by atoms with Crippen molar-refractivity contribution in [2.75, 3.05) is 30.8 Å². The monoisotopic (exact) mass is 429 g/mol. The number of carbonyl (C=O) groups excluding carboxylic acids is 2. The molecule has 2 N–H and O–H groups in total. The summed E-state index contributed by atoms with van der Waals surface area (Å²) in [5.41, 5.74) is 2.48. The van der Waals surface area contributed by atoms with Gasteiger partial charge in [-0.15, -0.1) is 0 Å². The van der Waals surface area contributed by atoms with Gasteiger partial charge in [-0.3, -0.25) is 4.79 Å². The Morgan fingerprint density at radius 1 is 1.10 bits per heavy atom. The van der Waals surface area contributed by atoms with Crippen molar-refractivity contribution in [2.45, 2.75) is 26.7 Å². The Kier molecular flexibility index (Phi) is 7.21. The van der Waals surface area contributed by atoms with E-state index in [0.717, 1.165) is 29.8 Å². The molecule has 6 nitrogen and oxygen atoms in total. The average molecular weight is 430 g/mol. The molecule has 0 bridgehead atoms. The van der Waals surface area contributed by atoms with Gasteiger partial charge in [0.1, 0.15) is 5.75 Å². The Hall–Kier alpha value is -2.73. The highest BCUT2D eigenvalue weighted by molar-refractivity contribution is 6.30. The number of hydrogen-bond donors (Lipinski definition) is 2. The summed E-state index contributed by atoms with van der Waals surface area (Å²) in [6.07, 6.45) is 1.59. The fraction of sp³-hybridized carbons (Fsp3) is 0.391. The van der Waals surface area contributed by atoms with Gasteiger partial charge in [0.2, 0.25) is 5.91 Å². The van der Waals surface area contributed by atoms with Gasteiger partial charge in [-0.25, -0.2) is 4.79 Å². The maximum absolute atomic E-state index is 12.8. The first-order chi connectivity index (χ1) is 14.4. The van der Waals surface area contributed by atoms with Gasteiger partial charge in [-0.1, -0.05) is 18.5 Å². The zero-order chi connectivity index (χ0) is 21.7. The first kappa shape index (κ1) is 22.0. The van der Waals surface area contributed by atoms with E-state index in [9.17, 15) is 9.59 Å². The molecule has 0 radical (unpaired) electrons. The number of anilines is 2. The van der Waals surface area contributed by atoms with Crippen molar-refractivity contribution < 1.29 is 14.3 Å². The summed E-state index contributed by atoms with van der Waals surface area (Å²) in [4.78, 5) is 27.0. The van der Waals surface area contributed by atoms with Crippen molar-refractivity contribution >= 4 is 34.9 Å². The third kappa shape index (κ3) is 5.45. The average Bonchev–Trinajstić information content (AvgIpc) is 2.76. The number of amides is 3. The number of benzene rings is 2. The second-order valence-corrected chi connectivity index (χ2v) is 8.16. The number of likely N-dealkylation sites (tertiary alicyclic amines) is 1. The number of carbonyl (C=O) groups is 2. The van der Waals surface area contributed by atoms with Crippen molar-refractivity contribution in [3.05, 3.63) is 53.1 Å². The summed E-state index contributed by atoms with van der Waals surface area (Å²) in [5, 5.41) is 6.55. The molecule has 1 fully saturated rings. The second-order valence-electron chi connectivity index (χ2n) is 7.72. The van der Waals surface area contributed by atoms with Gasteiger partial charge in [-0.05, 0) is 73.7 Å². The van der Waals surface area contributed by atoms with Crippen LogP contribution in [0.1, 0.15) is 25.3 Å². The van der Waals surface area contributed by atoms with Crippen LogP contribution in [-0.2, 0) is 4.79 Å². The van der Waals surface area contributed by atoms with Crippen LogP contribution in [0.4, 0.5) is 16.2 Å². The van der Waals surface area contributed by atoms with Crippen LogP contribution in [0.25, 0.3) is 0 Å². The van der Waals surface area contributed by atoms with Gasteiger partial charge >= 0.3 is 6.03 Å². The minimum Gasteiger partial charge on any atom is -0.497 e. The molecule has 0 saturated carbocycles. The second kappa shape index (κ2) is 9.85. The predicted octanol–water partition coefficient (Wildman–Crippen LogP) is 5.18. The zero-order valence-electron chi connectivity index (χ0n) is 17.6. The molecule has 2 aromatic rings. The van der Waals surface area contributed by atoms with Crippen molar-refractivity contribution in [1.82, 2.24) is 4.90 Å². The molecule has 3 rings (SSSR count). The van der Waals surface area contributed by atoms with E-state index in [1.54, 1.807) is 36.3 Å². The lowest BCUT2D eigenvalue weighted by Crippen LogP contribution is -2.43. The highest BCUT2D eigenvalue weighted by Crippen LogP contribution is 2.28. The Morgan fingerprint density at radius 2 is 1.77 bits per heavy atom. The molecule has 7 heteroatoms. The number of hydrogen-bond acceptors (Lipinski definition) is 3. The number of methoxy groups -OCH3 is 1. The largest absolute Gasteiger partial charge is 0.497 e. The molecular weight excluding hydrogens is 402 g/mol. The van der Waals surface area contributed by atoms with Gasteiger partial charge in [0.05, 0.1) is 7.11 Å². The lowest BCUT2D eigenvalue weighted by atomic mass is 9.85. The van der Waals surface area contributed by atoms with Gasteiger partial charge in [0.15, 0.2) is 0 Å². The van der Waals surface area contributed by atoms with Crippen LogP contribution in [-0.4, -0.2) is 37.0 Å². The smallest absolute Gasteiger partial charge is 0.321 e. The van der Waals surface area contributed by atoms with E-state index < -0.39 is 0 Å². The van der Waals surface area contributed by atoms with Gasteiger partial charge in [0.25, 0.3) is 0 Å². The van der Waals surface area contributed by atoms with E-state index in [1.165, 1.54) is 0 Å². The summed E-state index contributed by atoms with van der Waals surface area (Å²) >= 11 is 5.88. The molecule has 160 valence electrons. The Balaban J connectivity index is 1.50. The molecule has 3 amide bonds. The van der Waals surface area contributed by atoms with Crippen molar-refractivity contribution in [2.24, 2.45) is 11.8 Å². The van der Waals surface area contributed by atoms with Crippen LogP contribution in [0.3, 0.4) is 0 Å². The fourth-order valence-electron chi connectivity index (χ4n) is 3.70. The standard InChI is InChI=1S/C23H28ClN3O3/c1-15-14-20(30-3)8-9-21(15)26-22(28)16(2)17-10-12-27(13-11-17)23(29)25-19-6-4-18(24)5-7-19/h4-9,14,16-17H,10-13H2,1-3H3,(H,25,29)(H,26,28)/t16-/m0/s1. The first-order valence-electron chi connectivity index (χ1n) is 10.1. The van der Waals surface area contributed by atoms with Gasteiger partial charge < -0.3 is 20.3 Å². The van der Waals surface area contributed by atoms with Crippen LogP contribution in [0.5, 0.6) is 5.75 Å². The minimum atomic E-state index is -0.132. The predicted molar refractivity (Wildman–Crippen MR) is 120 cm³/mol. The van der Waals surface area contributed by atoms with Gasteiger partial charge in [0, 0.05) is 35.4 Å². The summed E-state index contributed by atoms with van der Waals surface area (Å²) in [7, 11) is 1.62. The number of ether oxygens (including phenoxy) is 1. The Morgan fingerprint density at radius 3 is 2.37 bits per heavy atom. The Labute approximate surface area is 182 Å². The number of nitrogens with one attached hydrogen (secondary N) is 2. The minimum absolute atomic E-state index is 0.00679. The molecule has 1 aliphatic rings. The fourth-order valence-corrected chi connectivity index (χ4v) is 3.83. The molecule has 1 saturated heterocycles. The number of halogens is 1. The molecule has 0 unspecified atom stereocenters. The third-order valence-corrected chi connectivity index (χ3v) is 5.99. The lowest BCUT2D eigenvalue weighted by molar-refractivity contribution is -0.121. The first-order valence-corrected chi connectivity index (χ1v) is 10.5. The maximum atomic E-state index is 12.8. The lowest BCUT2D eigenvalue weighted by Gasteiger charge is -2.34. The summed E-state index contributed by atoms with van der Waals surface area (Å²) in [6, 6.07) is 12.5. The van der Waals surface area contributed by atoms with Gasteiger partial charge in [-0.2, -0.15) is 0 Å². The molecule has 1 atom stereocenters. The molecule has 0 aliphatic carbocycles. The number of rotatable bonds is 5. The molecule has 1 heterocycles. The summed E-state index contributed by atoms with van der Waals surface area (Å²) < 4.78 is 5.21. The van der Waals surface area contributed by atoms with Crippen LogP contribution >= 0.6 is 11.6 Å².